The quantitative estimate of drug-likeness (QED) is 0.565. The molecule has 5 heteroatoms. The molecule has 0 saturated carbocycles. The van der Waals surface area contributed by atoms with E-state index in [0.717, 1.165) is 13.0 Å². The van der Waals surface area contributed by atoms with E-state index in [0.29, 0.717) is 11.3 Å². The first-order valence-corrected chi connectivity index (χ1v) is 9.25. The maximum absolute atomic E-state index is 12.2. The number of carbonyl (C=O) groups is 2. The molecular formula is C20H33N3O2. The maximum atomic E-state index is 12.2. The predicted octanol–water partition coefficient (Wildman–Crippen LogP) is 3.71. The molecule has 0 atom stereocenters. The summed E-state index contributed by atoms with van der Waals surface area (Å²) in [6, 6.07) is 7.00. The Hall–Kier alpha value is -1.88. The molecule has 1 aromatic rings. The van der Waals surface area contributed by atoms with Crippen LogP contribution in [0.1, 0.15) is 70.2 Å². The Balaban J connectivity index is 2.37. The summed E-state index contributed by atoms with van der Waals surface area (Å²) in [5.41, 5.74) is 0.880. The molecule has 1 rings (SSSR count). The average molecular weight is 348 g/mol. The molecule has 0 heterocycles. The van der Waals surface area contributed by atoms with Gasteiger partial charge in [-0.15, -0.1) is 0 Å². The molecule has 0 aliphatic carbocycles. The van der Waals surface area contributed by atoms with Crippen molar-refractivity contribution in [3.63, 3.8) is 0 Å². The lowest BCUT2D eigenvalue weighted by Gasteiger charge is -2.20. The van der Waals surface area contributed by atoms with Crippen molar-refractivity contribution < 1.29 is 9.59 Å². The third kappa shape index (κ3) is 9.87. The second-order valence-electron chi connectivity index (χ2n) is 7.42. The molecule has 5 nitrogen and oxygen atoms in total. The monoisotopic (exact) mass is 347 g/mol. The Morgan fingerprint density at radius 3 is 2.44 bits per heavy atom. The van der Waals surface area contributed by atoms with Gasteiger partial charge in [-0.2, -0.15) is 0 Å². The van der Waals surface area contributed by atoms with Crippen LogP contribution in [0.2, 0.25) is 0 Å². The highest BCUT2D eigenvalue weighted by Gasteiger charge is 2.15. The number of amides is 2. The Labute approximate surface area is 152 Å². The minimum absolute atomic E-state index is 0.0954. The SMILES string of the molecule is CCCCCCCNCC(=O)Nc1cccc(C(=O)NC(C)(C)C)c1. The third-order valence-electron chi connectivity index (χ3n) is 3.64. The first-order valence-electron chi connectivity index (χ1n) is 9.25. The molecule has 1 aromatic carbocycles. The summed E-state index contributed by atoms with van der Waals surface area (Å²) in [5.74, 6) is -0.240. The summed E-state index contributed by atoms with van der Waals surface area (Å²) in [4.78, 5) is 24.2. The van der Waals surface area contributed by atoms with Crippen molar-refractivity contribution in [3.05, 3.63) is 29.8 Å². The van der Waals surface area contributed by atoms with Crippen LogP contribution < -0.4 is 16.0 Å². The zero-order valence-corrected chi connectivity index (χ0v) is 16.1. The summed E-state index contributed by atoms with van der Waals surface area (Å²) in [6.07, 6.45) is 6.07. The normalized spacial score (nSPS) is 11.2. The van der Waals surface area contributed by atoms with Gasteiger partial charge in [-0.1, -0.05) is 38.7 Å². The minimum Gasteiger partial charge on any atom is -0.347 e. The molecule has 0 aromatic heterocycles. The van der Waals surface area contributed by atoms with Crippen molar-refractivity contribution in [3.8, 4) is 0 Å². The van der Waals surface area contributed by atoms with E-state index in [1.165, 1.54) is 25.7 Å². The second-order valence-corrected chi connectivity index (χ2v) is 7.42. The Morgan fingerprint density at radius 1 is 1.04 bits per heavy atom. The Kier molecular flexibility index (Phi) is 9.21. The summed E-state index contributed by atoms with van der Waals surface area (Å²) in [5, 5.41) is 8.90. The topological polar surface area (TPSA) is 70.2 Å². The van der Waals surface area contributed by atoms with Crippen LogP contribution >= 0.6 is 0 Å². The summed E-state index contributed by atoms with van der Waals surface area (Å²) in [7, 11) is 0. The lowest BCUT2D eigenvalue weighted by atomic mass is 10.1. The number of anilines is 1. The first kappa shape index (κ1) is 21.2. The van der Waals surface area contributed by atoms with Crippen molar-refractivity contribution in [2.24, 2.45) is 0 Å². The fourth-order valence-electron chi connectivity index (χ4n) is 2.41. The average Bonchev–Trinajstić information content (AvgIpc) is 2.52. The number of hydrogen-bond acceptors (Lipinski definition) is 3. The van der Waals surface area contributed by atoms with Gasteiger partial charge in [0, 0.05) is 16.8 Å². The van der Waals surface area contributed by atoms with Gasteiger partial charge in [0.25, 0.3) is 5.91 Å². The van der Waals surface area contributed by atoms with Crippen LogP contribution in [0.5, 0.6) is 0 Å². The summed E-state index contributed by atoms with van der Waals surface area (Å²) >= 11 is 0. The third-order valence-corrected chi connectivity index (χ3v) is 3.64. The minimum atomic E-state index is -0.294. The summed E-state index contributed by atoms with van der Waals surface area (Å²) in [6.45, 7) is 9.14. The van der Waals surface area contributed by atoms with Crippen LogP contribution in [0.4, 0.5) is 5.69 Å². The lowest BCUT2D eigenvalue weighted by molar-refractivity contribution is -0.115. The zero-order valence-electron chi connectivity index (χ0n) is 16.1. The van der Waals surface area contributed by atoms with E-state index in [-0.39, 0.29) is 23.9 Å². The van der Waals surface area contributed by atoms with Crippen molar-refractivity contribution in [2.75, 3.05) is 18.4 Å². The van der Waals surface area contributed by atoms with Gasteiger partial charge in [-0.3, -0.25) is 9.59 Å². The van der Waals surface area contributed by atoms with Crippen LogP contribution in [0.3, 0.4) is 0 Å². The number of nitrogens with one attached hydrogen (secondary N) is 3. The van der Waals surface area contributed by atoms with Gasteiger partial charge in [0.15, 0.2) is 0 Å². The van der Waals surface area contributed by atoms with Crippen molar-refractivity contribution >= 4 is 17.5 Å². The highest BCUT2D eigenvalue weighted by Crippen LogP contribution is 2.12. The summed E-state index contributed by atoms with van der Waals surface area (Å²) < 4.78 is 0. The van der Waals surface area contributed by atoms with Gasteiger partial charge in [0.1, 0.15) is 0 Å². The van der Waals surface area contributed by atoms with E-state index in [2.05, 4.69) is 22.9 Å². The van der Waals surface area contributed by atoms with Gasteiger partial charge in [-0.05, 0) is 51.9 Å². The zero-order chi connectivity index (χ0) is 18.7. The molecule has 0 radical (unpaired) electrons. The number of carbonyl (C=O) groups excluding carboxylic acids is 2. The van der Waals surface area contributed by atoms with Crippen molar-refractivity contribution in [1.82, 2.24) is 10.6 Å². The first-order chi connectivity index (χ1) is 11.8. The van der Waals surface area contributed by atoms with Crippen molar-refractivity contribution in [1.29, 1.82) is 0 Å². The highest BCUT2D eigenvalue weighted by atomic mass is 16.2. The lowest BCUT2D eigenvalue weighted by Crippen LogP contribution is -2.40. The standard InChI is InChI=1S/C20H33N3O2/c1-5-6-7-8-9-13-21-15-18(24)22-17-12-10-11-16(14-17)19(25)23-20(2,3)4/h10-12,14,21H,5-9,13,15H2,1-4H3,(H,22,24)(H,23,25). The number of unbranched alkanes of at least 4 members (excludes halogenated alkanes) is 4. The molecule has 0 fully saturated rings. The molecule has 0 unspecified atom stereocenters. The van der Waals surface area contributed by atoms with Gasteiger partial charge < -0.3 is 16.0 Å². The van der Waals surface area contributed by atoms with Crippen LogP contribution in [0.15, 0.2) is 24.3 Å². The predicted molar refractivity (Wildman–Crippen MR) is 104 cm³/mol. The molecule has 2 amide bonds. The number of benzene rings is 1. The van der Waals surface area contributed by atoms with Gasteiger partial charge in [0.2, 0.25) is 5.91 Å². The highest BCUT2D eigenvalue weighted by molar-refractivity contribution is 5.97. The van der Waals surface area contributed by atoms with Crippen LogP contribution in [0, 0.1) is 0 Å². The maximum Gasteiger partial charge on any atom is 0.251 e. The molecular weight excluding hydrogens is 314 g/mol. The number of rotatable bonds is 10. The Bertz CT molecular complexity index is 550. The van der Waals surface area contributed by atoms with E-state index in [1.807, 2.05) is 20.8 Å². The smallest absolute Gasteiger partial charge is 0.251 e. The van der Waals surface area contributed by atoms with Crippen molar-refractivity contribution in [2.45, 2.75) is 65.3 Å². The van der Waals surface area contributed by atoms with Gasteiger partial charge in [0.05, 0.1) is 6.54 Å². The van der Waals surface area contributed by atoms with E-state index < -0.39 is 0 Å². The van der Waals surface area contributed by atoms with Crippen LogP contribution in [0.25, 0.3) is 0 Å². The largest absolute Gasteiger partial charge is 0.347 e. The molecule has 25 heavy (non-hydrogen) atoms. The van der Waals surface area contributed by atoms with E-state index >= 15 is 0 Å². The molecule has 0 aliphatic heterocycles. The van der Waals surface area contributed by atoms with Crippen LogP contribution in [-0.4, -0.2) is 30.4 Å². The van der Waals surface area contributed by atoms with E-state index in [9.17, 15) is 9.59 Å². The molecule has 3 N–H and O–H groups in total. The Morgan fingerprint density at radius 2 is 1.76 bits per heavy atom. The fraction of sp³-hybridized carbons (Fsp3) is 0.600. The van der Waals surface area contributed by atoms with Crippen LogP contribution in [-0.2, 0) is 4.79 Å². The molecule has 0 saturated heterocycles. The fourth-order valence-corrected chi connectivity index (χ4v) is 2.41. The number of hydrogen-bond donors (Lipinski definition) is 3. The molecule has 140 valence electrons. The van der Waals surface area contributed by atoms with E-state index in [1.54, 1.807) is 24.3 Å². The molecule has 0 spiro atoms. The second kappa shape index (κ2) is 10.9. The van der Waals surface area contributed by atoms with E-state index in [4.69, 9.17) is 0 Å². The molecule has 0 aliphatic rings. The van der Waals surface area contributed by atoms with Gasteiger partial charge in [-0.25, -0.2) is 0 Å². The molecule has 0 bridgehead atoms. The van der Waals surface area contributed by atoms with Gasteiger partial charge >= 0.3 is 0 Å².